The van der Waals surface area contributed by atoms with Crippen LogP contribution in [0.25, 0.3) is 0 Å². The second-order valence-corrected chi connectivity index (χ2v) is 24.7. The number of rotatable bonds is 13. The standard InChI is InChI=1S/2C17H25N3O2.C12H14BrNO2.C10H10O2.C5H12N2.C3H6Br2.CH3F.Na.H/c2*1-14-4-5-16-15(12-14)20(17(21)13-22-16)7-3-6-19-10-8-18(2)9-11-19;1-9-3-4-11-10(7-9)14(6-2-5-13)12(15)8-16-11;1-7-2-3-10-8(4-7)5-9(11)6-12-10;1-7-4-2-6-3-5-7;4-2-1-3-5;1-2;;/h2*4-5,12H,3,6-11,13H2,1-2H3;3-4,7H,2,5-6,8H2,1H3;2-4H,5-6H2,1H3;6H,2-5H2,1H3;1-3H2;1H3;;/q;;;;;;;+1;-1/i;;;;;;1D;;. The fourth-order valence-corrected chi connectivity index (χ4v) is 11.7. The van der Waals surface area contributed by atoms with Crippen LogP contribution in [0, 0.1) is 27.7 Å². The molecule has 0 atom stereocenters. The molecule has 3 fully saturated rings. The monoisotopic (exact) mass is 1410 g/mol. The molecule has 17 nitrogen and oxygen atoms in total. The van der Waals surface area contributed by atoms with Crippen LogP contribution in [0.3, 0.4) is 0 Å². The van der Waals surface area contributed by atoms with E-state index in [1.807, 2.05) is 115 Å². The summed E-state index contributed by atoms with van der Waals surface area (Å²) in [7, 11) is 5.49. The Morgan fingerprint density at radius 3 is 1.15 bits per heavy atom. The molecule has 0 aliphatic carbocycles. The third-order valence-electron chi connectivity index (χ3n) is 15.2. The average Bonchev–Trinajstić information content (AvgIpc) is 3.56. The smallest absolute Gasteiger partial charge is 1.00 e. The fraction of sp³-hybridized carbons (Fsp3) is 0.569. The van der Waals surface area contributed by atoms with Crippen molar-refractivity contribution in [3.8, 4) is 23.0 Å². The minimum atomic E-state index is -1.00. The number of aryl methyl sites for hydroxylation is 4. The van der Waals surface area contributed by atoms with E-state index in [1.54, 1.807) is 0 Å². The van der Waals surface area contributed by atoms with E-state index in [1.165, 1.54) is 25.1 Å². The zero-order chi connectivity index (χ0) is 63.1. The van der Waals surface area contributed by atoms with Crippen LogP contribution in [0.15, 0.2) is 72.8 Å². The molecular weight excluding hydrogens is 1320 g/mol. The summed E-state index contributed by atoms with van der Waals surface area (Å²) < 4.78 is 37.2. The van der Waals surface area contributed by atoms with Gasteiger partial charge in [-0.3, -0.25) is 23.6 Å². The number of benzene rings is 4. The zero-order valence-electron chi connectivity index (χ0n) is 55.0. The van der Waals surface area contributed by atoms with Crippen molar-refractivity contribution in [1.82, 2.24) is 29.8 Å². The maximum Gasteiger partial charge on any atom is 1.00 e. The molecule has 7 aliphatic rings. The second-order valence-electron chi connectivity index (χ2n) is 22.4. The molecule has 22 heteroatoms. The van der Waals surface area contributed by atoms with Crippen molar-refractivity contribution in [2.24, 2.45) is 0 Å². The predicted octanol–water partition coefficient (Wildman–Crippen LogP) is 6.11. The number of fused-ring (bicyclic) bond motifs is 4. The molecule has 0 spiro atoms. The number of amides is 3. The maximum atomic E-state index is 12.2. The van der Waals surface area contributed by atoms with Gasteiger partial charge in [-0.15, -0.1) is 0 Å². The molecule has 0 saturated carbocycles. The van der Waals surface area contributed by atoms with Gasteiger partial charge in [0.2, 0.25) is 0 Å². The number of alkyl halides is 4. The van der Waals surface area contributed by atoms with Crippen molar-refractivity contribution in [3.63, 3.8) is 0 Å². The number of hydrogen-bond donors (Lipinski definition) is 1. The zero-order valence-corrected chi connectivity index (χ0v) is 59.8. The number of carbonyl (C=O) groups is 4. The van der Waals surface area contributed by atoms with Crippen LogP contribution in [0.2, 0.25) is 0 Å². The largest absolute Gasteiger partial charge is 1.00 e. The third kappa shape index (κ3) is 26.2. The molecule has 0 unspecified atom stereocenters. The third-order valence-corrected chi connectivity index (χ3v) is 16.9. The van der Waals surface area contributed by atoms with Gasteiger partial charge >= 0.3 is 29.6 Å². The van der Waals surface area contributed by atoms with Crippen LogP contribution in [-0.4, -0.2) is 230 Å². The fourth-order valence-electron chi connectivity index (χ4n) is 10.2. The number of nitrogens with one attached hydrogen (secondary N) is 1. The maximum absolute atomic E-state index is 12.2. The predicted molar refractivity (Wildman–Crippen MR) is 359 cm³/mol. The summed E-state index contributed by atoms with van der Waals surface area (Å²) in [6.07, 6.45) is 4.70. The molecular formula is C65H96Br3FN9NaO8. The number of Topliss-reactive ketones (excluding diaryl/α,β-unsaturated/α-hetero) is 1. The summed E-state index contributed by atoms with van der Waals surface area (Å²) in [5, 5.41) is 6.39. The van der Waals surface area contributed by atoms with E-state index in [4.69, 9.17) is 20.3 Å². The number of halogens is 4. The van der Waals surface area contributed by atoms with Crippen LogP contribution in [-0.2, 0) is 25.6 Å². The van der Waals surface area contributed by atoms with E-state index in [0.717, 1.165) is 196 Å². The molecule has 3 amide bonds. The first kappa shape index (κ1) is 74.0. The minimum absolute atomic E-state index is 0. The minimum Gasteiger partial charge on any atom is -1.00 e. The van der Waals surface area contributed by atoms with Crippen molar-refractivity contribution < 1.29 is 74.9 Å². The van der Waals surface area contributed by atoms with E-state index < -0.39 is 7.15 Å². The number of ether oxygens (including phenoxy) is 4. The summed E-state index contributed by atoms with van der Waals surface area (Å²) in [5.74, 6) is 3.65. The van der Waals surface area contributed by atoms with Gasteiger partial charge in [0.25, 0.3) is 17.7 Å². The summed E-state index contributed by atoms with van der Waals surface area (Å²) in [5.41, 5.74) is 8.39. The molecule has 4 aromatic rings. The Morgan fingerprint density at radius 2 is 0.805 bits per heavy atom. The van der Waals surface area contributed by atoms with Crippen LogP contribution in [0.4, 0.5) is 21.5 Å². The molecule has 0 bridgehead atoms. The normalized spacial score (nSPS) is 17.6. The number of ketones is 1. The van der Waals surface area contributed by atoms with Crippen LogP contribution in [0.5, 0.6) is 23.0 Å². The van der Waals surface area contributed by atoms with Crippen molar-refractivity contribution in [2.75, 3.05) is 197 Å². The van der Waals surface area contributed by atoms with Gasteiger partial charge in [-0.25, -0.2) is 0 Å². The Labute approximate surface area is 568 Å². The van der Waals surface area contributed by atoms with Gasteiger partial charge < -0.3 is 64.9 Å². The van der Waals surface area contributed by atoms with E-state index >= 15 is 0 Å². The summed E-state index contributed by atoms with van der Waals surface area (Å²) in [4.78, 5) is 64.7. The first-order valence-electron chi connectivity index (χ1n) is 30.8. The number of carbonyl (C=O) groups excluding carboxylic acids is 4. The van der Waals surface area contributed by atoms with E-state index in [0.29, 0.717) is 6.42 Å². The van der Waals surface area contributed by atoms with E-state index in [2.05, 4.69) is 98.7 Å². The van der Waals surface area contributed by atoms with Gasteiger partial charge in [0.1, 0.15) is 29.6 Å². The summed E-state index contributed by atoms with van der Waals surface area (Å²) in [6, 6.07) is 23.9. The van der Waals surface area contributed by atoms with Gasteiger partial charge in [0.05, 0.1) is 25.6 Å². The quantitative estimate of drug-likeness (QED) is 0.122. The number of likely N-dealkylation sites (N-methyl/N-ethyl adjacent to an activating group) is 3. The Morgan fingerprint density at radius 1 is 0.471 bits per heavy atom. The molecule has 7 heterocycles. The topological polar surface area (TPSA) is 143 Å². The van der Waals surface area contributed by atoms with E-state index in [9.17, 15) is 23.6 Å². The molecule has 0 radical (unpaired) electrons. The molecule has 0 aromatic heterocycles. The number of piperazine rings is 3. The SMILES string of the molecule is BrCCCBr.CN1CCNCC1.Cc1ccc2c(c1)CC(=O)CO2.Cc1ccc2c(c1)N(CCCBr)C(=O)CO2.Cc1ccc2c(c1)N(CCCN1CCN(C)CC1)C(=O)CO2.Cc1ccc2c(c1)N(CCCN1CCN(C)CC1)C(=O)CO2.[2H]CF.[H-].[Na+]. The Hall–Kier alpha value is -3.71. The molecule has 87 heavy (non-hydrogen) atoms. The molecule has 11 rings (SSSR count). The molecule has 1 N–H and O–H groups in total. The Balaban J connectivity index is 0.000000290. The van der Waals surface area contributed by atoms with Gasteiger partial charge in [0, 0.05) is 126 Å². The van der Waals surface area contributed by atoms with Gasteiger partial charge in [0.15, 0.2) is 25.6 Å². The van der Waals surface area contributed by atoms with Crippen molar-refractivity contribution in [3.05, 3.63) is 101 Å². The van der Waals surface area contributed by atoms with E-state index in [-0.39, 0.29) is 80.9 Å². The van der Waals surface area contributed by atoms with Crippen LogP contribution < -0.4 is 68.5 Å². The first-order valence-corrected chi connectivity index (χ1v) is 33.4. The van der Waals surface area contributed by atoms with Crippen LogP contribution in [0.1, 0.15) is 56.3 Å². The van der Waals surface area contributed by atoms with Gasteiger partial charge in [-0.2, -0.15) is 0 Å². The molecule has 4 aromatic carbocycles. The van der Waals surface area contributed by atoms with Crippen molar-refractivity contribution in [1.29, 1.82) is 0 Å². The number of nitrogens with zero attached hydrogens (tertiary/aromatic N) is 8. The van der Waals surface area contributed by atoms with Crippen molar-refractivity contribution >= 4 is 88.4 Å². The second kappa shape index (κ2) is 41.6. The summed E-state index contributed by atoms with van der Waals surface area (Å²) >= 11 is 9.94. The Bertz CT molecular complexity index is 2650. The summed E-state index contributed by atoms with van der Waals surface area (Å²) in [6.45, 7) is 27.0. The van der Waals surface area contributed by atoms with Crippen molar-refractivity contribution in [2.45, 2.75) is 59.8 Å². The number of anilines is 3. The molecule has 478 valence electrons. The molecule has 3 saturated heterocycles. The Kier molecular flexibility index (Phi) is 35.4. The van der Waals surface area contributed by atoms with Gasteiger partial charge in [-0.05, 0) is 147 Å². The van der Waals surface area contributed by atoms with Gasteiger partial charge in [-0.1, -0.05) is 83.7 Å². The molecule has 7 aliphatic heterocycles. The first-order chi connectivity index (χ1) is 42.0. The average molecular weight is 1410 g/mol. The number of hydrogen-bond acceptors (Lipinski definition) is 14. The van der Waals surface area contributed by atoms with Crippen LogP contribution >= 0.6 is 47.8 Å².